The molecule has 2 aromatic carbocycles. The van der Waals surface area contributed by atoms with Gasteiger partial charge in [-0.25, -0.2) is 0 Å². The Morgan fingerprint density at radius 1 is 1.08 bits per heavy atom. The van der Waals surface area contributed by atoms with Crippen molar-refractivity contribution in [3.8, 4) is 0 Å². The molecule has 0 spiro atoms. The van der Waals surface area contributed by atoms with Crippen LogP contribution in [-0.2, 0) is 18.3 Å². The fourth-order valence-electron chi connectivity index (χ4n) is 3.14. The Kier molecular flexibility index (Phi) is 4.43. The lowest BCUT2D eigenvalue weighted by Gasteiger charge is -2.09. The summed E-state index contributed by atoms with van der Waals surface area (Å²) in [5.74, 6) is 0.514. The monoisotopic (exact) mass is 320 g/mol. The molecule has 0 atom stereocenters. The number of benzene rings is 2. The fourth-order valence-corrected chi connectivity index (χ4v) is 3.14. The molecule has 1 heterocycles. The van der Waals surface area contributed by atoms with Crippen LogP contribution in [0, 0.1) is 6.92 Å². The molecule has 124 valence electrons. The Bertz CT molecular complexity index is 873. The molecule has 0 bridgehead atoms. The molecule has 0 aliphatic heterocycles. The Morgan fingerprint density at radius 2 is 1.75 bits per heavy atom. The maximum atomic E-state index is 12.5. The van der Waals surface area contributed by atoms with Crippen LogP contribution in [0.25, 0.3) is 10.9 Å². The summed E-state index contributed by atoms with van der Waals surface area (Å²) < 4.78 is 2.15. The first-order valence-electron chi connectivity index (χ1n) is 8.40. The van der Waals surface area contributed by atoms with Gasteiger partial charge in [-0.05, 0) is 42.2 Å². The highest BCUT2D eigenvalue weighted by Crippen LogP contribution is 2.25. The Balaban J connectivity index is 1.79. The number of fused-ring (bicyclic) bond motifs is 1. The van der Waals surface area contributed by atoms with Crippen LogP contribution in [0.1, 0.15) is 36.6 Å². The first-order valence-corrected chi connectivity index (χ1v) is 8.40. The number of carbonyl (C=O) groups excluding carboxylic acids is 1. The number of carbonyl (C=O) groups is 1. The van der Waals surface area contributed by atoms with Crippen molar-refractivity contribution in [3.63, 3.8) is 0 Å². The fraction of sp³-hybridized carbons (Fsp3) is 0.286. The molecule has 0 fully saturated rings. The molecule has 3 aromatic rings. The van der Waals surface area contributed by atoms with Crippen LogP contribution in [0.15, 0.2) is 48.5 Å². The smallest absolute Gasteiger partial charge is 0.228 e. The molecule has 3 rings (SSSR count). The van der Waals surface area contributed by atoms with Gasteiger partial charge in [0.2, 0.25) is 5.91 Å². The zero-order chi connectivity index (χ0) is 17.3. The molecule has 1 amide bonds. The number of rotatable bonds is 4. The number of aromatic nitrogens is 1. The molecule has 0 unspecified atom stereocenters. The lowest BCUT2D eigenvalue weighted by Crippen LogP contribution is -2.15. The van der Waals surface area contributed by atoms with E-state index < -0.39 is 0 Å². The van der Waals surface area contributed by atoms with Crippen LogP contribution in [0.4, 0.5) is 5.69 Å². The molecule has 3 nitrogen and oxygen atoms in total. The highest BCUT2D eigenvalue weighted by atomic mass is 16.1. The third-order valence-electron chi connectivity index (χ3n) is 4.73. The lowest BCUT2D eigenvalue weighted by molar-refractivity contribution is -0.115. The van der Waals surface area contributed by atoms with E-state index in [-0.39, 0.29) is 5.91 Å². The second-order valence-corrected chi connectivity index (χ2v) is 6.64. The van der Waals surface area contributed by atoms with E-state index in [1.165, 1.54) is 11.1 Å². The second-order valence-electron chi connectivity index (χ2n) is 6.64. The average Bonchev–Trinajstić information content (AvgIpc) is 2.81. The molecule has 1 aromatic heterocycles. The molecule has 0 saturated heterocycles. The lowest BCUT2D eigenvalue weighted by atomic mass is 10.0. The minimum atomic E-state index is 0.0201. The maximum absolute atomic E-state index is 12.5. The first kappa shape index (κ1) is 16.3. The van der Waals surface area contributed by atoms with Crippen molar-refractivity contribution in [2.45, 2.75) is 33.1 Å². The van der Waals surface area contributed by atoms with E-state index in [2.05, 4.69) is 54.9 Å². The van der Waals surface area contributed by atoms with Crippen molar-refractivity contribution in [2.75, 3.05) is 5.32 Å². The minimum Gasteiger partial charge on any atom is -0.348 e. The summed E-state index contributed by atoms with van der Waals surface area (Å²) in [5.41, 5.74) is 5.53. The van der Waals surface area contributed by atoms with Gasteiger partial charge in [0.15, 0.2) is 0 Å². The van der Waals surface area contributed by atoms with Crippen molar-refractivity contribution in [3.05, 3.63) is 65.4 Å². The number of anilines is 1. The topological polar surface area (TPSA) is 34.0 Å². The summed E-state index contributed by atoms with van der Waals surface area (Å²) in [5, 5.41) is 4.16. The molecular formula is C21H24N2O. The normalized spacial score (nSPS) is 11.2. The summed E-state index contributed by atoms with van der Waals surface area (Å²) in [4.78, 5) is 12.5. The summed E-state index contributed by atoms with van der Waals surface area (Å²) in [7, 11) is 2.05. The van der Waals surface area contributed by atoms with Crippen molar-refractivity contribution in [1.29, 1.82) is 0 Å². The zero-order valence-electron chi connectivity index (χ0n) is 14.8. The number of nitrogens with one attached hydrogen (secondary N) is 1. The van der Waals surface area contributed by atoms with Gasteiger partial charge in [0.05, 0.1) is 6.42 Å². The van der Waals surface area contributed by atoms with Gasteiger partial charge in [-0.15, -0.1) is 0 Å². The third kappa shape index (κ3) is 3.07. The Hall–Kier alpha value is -2.55. The van der Waals surface area contributed by atoms with E-state index in [9.17, 15) is 4.79 Å². The predicted molar refractivity (Wildman–Crippen MR) is 101 cm³/mol. The summed E-state index contributed by atoms with van der Waals surface area (Å²) in [6.45, 7) is 6.40. The Morgan fingerprint density at radius 3 is 2.42 bits per heavy atom. The first-order chi connectivity index (χ1) is 11.5. The molecular weight excluding hydrogens is 296 g/mol. The standard InChI is InChI=1S/C21H24N2O/c1-14(2)16-9-11-17(12-10-16)22-21(24)13-19-15(3)23(4)20-8-6-5-7-18(19)20/h5-12,14H,13H2,1-4H3,(H,22,24). The SMILES string of the molecule is Cc1c(CC(=O)Nc2ccc(C(C)C)cc2)c2ccccc2n1C. The van der Waals surface area contributed by atoms with E-state index in [0.29, 0.717) is 12.3 Å². The predicted octanol–water partition coefficient (Wildman–Crippen LogP) is 4.79. The van der Waals surface area contributed by atoms with Crippen LogP contribution in [0.2, 0.25) is 0 Å². The number of aryl methyl sites for hydroxylation is 1. The zero-order valence-corrected chi connectivity index (χ0v) is 14.8. The Labute approximate surface area is 143 Å². The van der Waals surface area contributed by atoms with E-state index in [4.69, 9.17) is 0 Å². The van der Waals surface area contributed by atoms with Gasteiger partial charge in [-0.2, -0.15) is 0 Å². The van der Waals surface area contributed by atoms with Crippen molar-refractivity contribution in [1.82, 2.24) is 4.57 Å². The molecule has 0 aliphatic carbocycles. The summed E-state index contributed by atoms with van der Waals surface area (Å²) in [6.07, 6.45) is 0.388. The van der Waals surface area contributed by atoms with Crippen molar-refractivity contribution in [2.24, 2.45) is 7.05 Å². The van der Waals surface area contributed by atoms with Gasteiger partial charge in [0, 0.05) is 29.3 Å². The quantitative estimate of drug-likeness (QED) is 0.736. The van der Waals surface area contributed by atoms with Crippen LogP contribution in [0.3, 0.4) is 0 Å². The van der Waals surface area contributed by atoms with Crippen molar-refractivity contribution < 1.29 is 4.79 Å². The van der Waals surface area contributed by atoms with E-state index in [0.717, 1.165) is 22.3 Å². The summed E-state index contributed by atoms with van der Waals surface area (Å²) in [6, 6.07) is 16.3. The summed E-state index contributed by atoms with van der Waals surface area (Å²) >= 11 is 0. The molecule has 0 aliphatic rings. The van der Waals surface area contributed by atoms with Crippen LogP contribution < -0.4 is 5.32 Å². The highest BCUT2D eigenvalue weighted by molar-refractivity contribution is 5.96. The number of nitrogens with zero attached hydrogens (tertiary/aromatic N) is 1. The number of hydrogen-bond donors (Lipinski definition) is 1. The van der Waals surface area contributed by atoms with Gasteiger partial charge < -0.3 is 9.88 Å². The van der Waals surface area contributed by atoms with Crippen LogP contribution in [0.5, 0.6) is 0 Å². The van der Waals surface area contributed by atoms with Gasteiger partial charge >= 0.3 is 0 Å². The number of para-hydroxylation sites is 1. The van der Waals surface area contributed by atoms with E-state index in [1.807, 2.05) is 31.3 Å². The second kappa shape index (κ2) is 6.52. The maximum Gasteiger partial charge on any atom is 0.228 e. The molecule has 0 saturated carbocycles. The molecule has 24 heavy (non-hydrogen) atoms. The van der Waals surface area contributed by atoms with Crippen molar-refractivity contribution >= 4 is 22.5 Å². The number of hydrogen-bond acceptors (Lipinski definition) is 1. The van der Waals surface area contributed by atoms with E-state index in [1.54, 1.807) is 0 Å². The van der Waals surface area contributed by atoms with Gasteiger partial charge in [0.25, 0.3) is 0 Å². The number of amides is 1. The molecule has 0 radical (unpaired) electrons. The minimum absolute atomic E-state index is 0.0201. The average molecular weight is 320 g/mol. The largest absolute Gasteiger partial charge is 0.348 e. The van der Waals surface area contributed by atoms with Gasteiger partial charge in [-0.1, -0.05) is 44.2 Å². The highest BCUT2D eigenvalue weighted by Gasteiger charge is 2.14. The van der Waals surface area contributed by atoms with E-state index >= 15 is 0 Å². The van der Waals surface area contributed by atoms with Gasteiger partial charge in [-0.3, -0.25) is 4.79 Å². The molecule has 3 heteroatoms. The van der Waals surface area contributed by atoms with Crippen LogP contribution >= 0.6 is 0 Å². The third-order valence-corrected chi connectivity index (χ3v) is 4.73. The molecule has 1 N–H and O–H groups in total. The van der Waals surface area contributed by atoms with Gasteiger partial charge in [0.1, 0.15) is 0 Å². The van der Waals surface area contributed by atoms with Crippen LogP contribution in [-0.4, -0.2) is 10.5 Å².